The Morgan fingerprint density at radius 2 is 0.509 bits per heavy atom. The molecular weight excluding hydrogens is 834 g/mol. The van der Waals surface area contributed by atoms with Gasteiger partial charge in [0.1, 0.15) is 52.7 Å². The molecule has 0 spiro atoms. The third kappa shape index (κ3) is 7.06. The van der Waals surface area contributed by atoms with E-state index in [1.165, 1.54) is 19.6 Å². The van der Waals surface area contributed by atoms with E-state index in [2.05, 4.69) is 20.8 Å². The first-order chi connectivity index (χ1) is 25.3. The molecule has 0 aromatic heterocycles. The predicted octanol–water partition coefficient (Wildman–Crippen LogP) is 6.29. The topological polar surface area (TPSA) is 4.44 Å². The first-order valence-electron chi connectivity index (χ1n) is 15.4. The van der Waals surface area contributed by atoms with Gasteiger partial charge in [-0.3, -0.25) is 0 Å². The van der Waals surface area contributed by atoms with Crippen molar-refractivity contribution in [3.8, 4) is 0 Å². The molecule has 0 radical (unpaired) electrons. The SMILES string of the molecule is CC[NH+](CC)CC.C[Si](C)(Cl)c1c(F)c(F)c([B-](c2c(F)c(F)c(F)c(F)c2F)(c2c(F)c(F)c(F)c(F)c2F)c2c(F)c(F)c(F)c(F)c2F)c(F)c1F. The molecule has 1 nitrogen and oxygen atoms in total. The molecular formula is C32H22BClF19NSi. The zero-order chi connectivity index (χ0) is 42.6. The van der Waals surface area contributed by atoms with Gasteiger partial charge in [0.25, 0.3) is 0 Å². The van der Waals surface area contributed by atoms with Crippen LogP contribution in [0.4, 0.5) is 83.4 Å². The molecule has 0 saturated carbocycles. The molecule has 0 unspecified atom stereocenters. The Morgan fingerprint density at radius 3 is 0.655 bits per heavy atom. The summed E-state index contributed by atoms with van der Waals surface area (Å²) in [5.74, 6) is -65.2. The van der Waals surface area contributed by atoms with Crippen molar-refractivity contribution in [2.45, 2.75) is 33.9 Å². The van der Waals surface area contributed by atoms with E-state index in [-0.39, 0.29) is 0 Å². The molecule has 4 aromatic rings. The first-order valence-corrected chi connectivity index (χ1v) is 19.4. The summed E-state index contributed by atoms with van der Waals surface area (Å²) in [7, 11) is -4.35. The molecule has 0 amide bonds. The summed E-state index contributed by atoms with van der Waals surface area (Å²) in [6.07, 6.45) is -7.12. The van der Waals surface area contributed by atoms with Crippen LogP contribution in [0.2, 0.25) is 13.1 Å². The van der Waals surface area contributed by atoms with Crippen LogP contribution in [0.1, 0.15) is 20.8 Å². The number of halogens is 20. The van der Waals surface area contributed by atoms with Crippen LogP contribution < -0.4 is 31.9 Å². The summed E-state index contributed by atoms with van der Waals surface area (Å²) in [5.41, 5.74) is -13.8. The standard InChI is InChI=1S/C26H6BClF19Si.C6H15N/c1-48(2,28)26-24(46)13(35)6(14(36)25(26)47)27(3-7(29)15(37)21(43)16(38)8(3)30,4-9(31)17(39)22(44)18(40)10(4)32)5-11(33)19(41)23(45)20(42)12(5)34;1-4-7(5-2)6-3/h1-2H3;4-6H2,1-3H3/q-1;/p+1. The Bertz CT molecular complexity index is 1900. The summed E-state index contributed by atoms with van der Waals surface area (Å²) >= 11 is 5.81. The predicted molar refractivity (Wildman–Crippen MR) is 165 cm³/mol. The van der Waals surface area contributed by atoms with E-state index < -0.39 is 151 Å². The summed E-state index contributed by atoms with van der Waals surface area (Å²) in [6.45, 7) is 11.9. The highest BCUT2D eigenvalue weighted by molar-refractivity contribution is 7.26. The van der Waals surface area contributed by atoms with Crippen molar-refractivity contribution in [3.05, 3.63) is 111 Å². The monoisotopic (exact) mass is 855 g/mol. The van der Waals surface area contributed by atoms with Gasteiger partial charge in [-0.1, -0.05) is 13.1 Å². The highest BCUT2D eigenvalue weighted by Crippen LogP contribution is 2.30. The van der Waals surface area contributed by atoms with Gasteiger partial charge in [-0.05, 0) is 20.8 Å². The van der Waals surface area contributed by atoms with Gasteiger partial charge < -0.3 is 4.90 Å². The fourth-order valence-electron chi connectivity index (χ4n) is 6.17. The zero-order valence-electron chi connectivity index (χ0n) is 28.3. The number of rotatable bonds is 8. The second-order valence-corrected chi connectivity index (χ2v) is 18.4. The molecule has 4 rings (SSSR count). The fraction of sp³-hybridized carbons (Fsp3) is 0.250. The molecule has 55 heavy (non-hydrogen) atoms. The van der Waals surface area contributed by atoms with Crippen molar-refractivity contribution in [2.24, 2.45) is 0 Å². The molecule has 0 heterocycles. The average Bonchev–Trinajstić information content (AvgIpc) is 3.12. The Hall–Kier alpha value is -3.92. The van der Waals surface area contributed by atoms with Gasteiger partial charge in [0, 0.05) is 5.19 Å². The molecule has 0 saturated heterocycles. The molecule has 302 valence electrons. The Morgan fingerprint density at radius 1 is 0.345 bits per heavy atom. The summed E-state index contributed by atoms with van der Waals surface area (Å²) in [4.78, 5) is 1.68. The van der Waals surface area contributed by atoms with E-state index >= 15 is 43.9 Å². The lowest BCUT2D eigenvalue weighted by Gasteiger charge is -2.45. The second-order valence-electron chi connectivity index (χ2n) is 12.1. The van der Waals surface area contributed by atoms with Crippen LogP contribution in [0.5, 0.6) is 0 Å². The molecule has 4 aromatic carbocycles. The Labute approximate surface area is 303 Å². The lowest BCUT2D eigenvalue weighted by Crippen LogP contribution is -3.11. The van der Waals surface area contributed by atoms with Gasteiger partial charge in [-0.25, -0.2) is 83.4 Å². The summed E-state index contributed by atoms with van der Waals surface area (Å²) in [6, 6.07) is 0. The number of hydrogen-bond acceptors (Lipinski definition) is 0. The summed E-state index contributed by atoms with van der Waals surface area (Å²) in [5, 5.41) is -1.86. The molecule has 0 fully saturated rings. The third-order valence-electron chi connectivity index (χ3n) is 8.86. The highest BCUT2D eigenvalue weighted by atomic mass is 35.6. The summed E-state index contributed by atoms with van der Waals surface area (Å²) < 4.78 is 287. The van der Waals surface area contributed by atoms with Crippen LogP contribution in [-0.4, -0.2) is 33.2 Å². The molecule has 0 aliphatic carbocycles. The maximum Gasteiger partial charge on any atom is 0.200 e. The lowest BCUT2D eigenvalue weighted by molar-refractivity contribution is -0.894. The quantitative estimate of drug-likeness (QED) is 0.0700. The lowest BCUT2D eigenvalue weighted by atomic mass is 9.12. The molecule has 1 N–H and O–H groups in total. The van der Waals surface area contributed by atoms with Crippen molar-refractivity contribution in [3.63, 3.8) is 0 Å². The normalized spacial score (nSPS) is 12.1. The van der Waals surface area contributed by atoms with Crippen molar-refractivity contribution < 1.29 is 88.3 Å². The van der Waals surface area contributed by atoms with Crippen LogP contribution in [0.25, 0.3) is 0 Å². The van der Waals surface area contributed by atoms with Gasteiger partial charge in [-0.2, -0.15) is 11.1 Å². The number of quaternary nitrogens is 1. The number of benzene rings is 4. The van der Waals surface area contributed by atoms with Crippen LogP contribution in [0.15, 0.2) is 0 Å². The molecule has 0 bridgehead atoms. The van der Waals surface area contributed by atoms with E-state index in [1.807, 2.05) is 0 Å². The van der Waals surface area contributed by atoms with Gasteiger partial charge >= 0.3 is 0 Å². The fourth-order valence-corrected chi connectivity index (χ4v) is 7.93. The van der Waals surface area contributed by atoms with E-state index in [4.69, 9.17) is 11.1 Å². The third-order valence-corrected chi connectivity index (χ3v) is 11.1. The van der Waals surface area contributed by atoms with Crippen molar-refractivity contribution >= 4 is 51.6 Å². The van der Waals surface area contributed by atoms with E-state index in [1.54, 1.807) is 4.90 Å². The minimum atomic E-state index is -7.12. The van der Waals surface area contributed by atoms with Crippen LogP contribution in [-0.2, 0) is 0 Å². The van der Waals surface area contributed by atoms with Gasteiger partial charge in [0.15, 0.2) is 71.4 Å². The molecule has 0 aliphatic heterocycles. The van der Waals surface area contributed by atoms with Crippen LogP contribution >= 0.6 is 11.1 Å². The van der Waals surface area contributed by atoms with Gasteiger partial charge in [0.2, 0.25) is 0 Å². The van der Waals surface area contributed by atoms with E-state index in [9.17, 15) is 39.5 Å². The second kappa shape index (κ2) is 16.3. The Kier molecular flexibility index (Phi) is 13.5. The van der Waals surface area contributed by atoms with Crippen molar-refractivity contribution in [2.75, 3.05) is 19.6 Å². The van der Waals surface area contributed by atoms with Gasteiger partial charge in [-0.15, -0.1) is 21.9 Å². The van der Waals surface area contributed by atoms with Crippen LogP contribution in [0.3, 0.4) is 0 Å². The van der Waals surface area contributed by atoms with Crippen molar-refractivity contribution in [1.82, 2.24) is 0 Å². The molecule has 0 aliphatic rings. The number of nitrogens with one attached hydrogen (secondary N) is 1. The van der Waals surface area contributed by atoms with Crippen molar-refractivity contribution in [1.29, 1.82) is 0 Å². The average molecular weight is 856 g/mol. The molecule has 23 heteroatoms. The number of hydrogen-bond donors (Lipinski definition) is 1. The van der Waals surface area contributed by atoms with Crippen LogP contribution in [0, 0.1) is 111 Å². The maximum atomic E-state index is 16.1. The smallest absolute Gasteiger partial charge is 0.200 e. The maximum absolute atomic E-state index is 16.1. The largest absolute Gasteiger partial charge is 0.336 e. The Balaban J connectivity index is 0.00000106. The highest BCUT2D eigenvalue weighted by Gasteiger charge is 2.52. The first kappa shape index (κ1) is 45.5. The van der Waals surface area contributed by atoms with Gasteiger partial charge in [0.05, 0.1) is 19.6 Å². The van der Waals surface area contributed by atoms with E-state index in [0.29, 0.717) is 13.1 Å². The van der Waals surface area contributed by atoms with E-state index in [0.717, 1.165) is 0 Å². The zero-order valence-corrected chi connectivity index (χ0v) is 30.0. The minimum Gasteiger partial charge on any atom is -0.336 e. The minimum absolute atomic E-state index is 0.700. The molecule has 0 atom stereocenters.